The Balaban J connectivity index is 1.50. The van der Waals surface area contributed by atoms with Gasteiger partial charge in [-0.2, -0.15) is 14.4 Å². The molecule has 1 fully saturated rings. The van der Waals surface area contributed by atoms with E-state index < -0.39 is 10.0 Å². The third kappa shape index (κ3) is 3.82. The van der Waals surface area contributed by atoms with Crippen LogP contribution in [0.1, 0.15) is 30.1 Å². The molecule has 0 saturated carbocycles. The van der Waals surface area contributed by atoms with Crippen LogP contribution >= 0.6 is 0 Å². The first-order valence-electron chi connectivity index (χ1n) is 9.59. The molecule has 1 atom stereocenters. The molecule has 0 radical (unpaired) electrons. The molecule has 10 heteroatoms. The van der Waals surface area contributed by atoms with Crippen molar-refractivity contribution in [2.75, 3.05) is 13.1 Å². The quantitative estimate of drug-likeness (QED) is 0.627. The smallest absolute Gasteiger partial charge is 0.258 e. The second-order valence-electron chi connectivity index (χ2n) is 7.45. The van der Waals surface area contributed by atoms with Crippen LogP contribution in [-0.4, -0.2) is 50.7 Å². The van der Waals surface area contributed by atoms with Crippen LogP contribution < -0.4 is 0 Å². The lowest BCUT2D eigenvalue weighted by molar-refractivity contribution is 0.261. The summed E-state index contributed by atoms with van der Waals surface area (Å²) in [7, 11) is -1.83. The summed E-state index contributed by atoms with van der Waals surface area (Å²) >= 11 is 0. The minimum atomic E-state index is -3.59. The monoisotopic (exact) mass is 416 g/mol. The Kier molecular flexibility index (Phi) is 5.22. The highest BCUT2D eigenvalue weighted by Gasteiger charge is 2.34. The largest absolute Gasteiger partial charge is 0.334 e. The molecule has 0 spiro atoms. The maximum atomic E-state index is 13.2. The number of aryl methyl sites for hydroxylation is 2. The zero-order valence-electron chi connectivity index (χ0n) is 16.7. The summed E-state index contributed by atoms with van der Waals surface area (Å²) in [4.78, 5) is 8.77. The third-order valence-corrected chi connectivity index (χ3v) is 7.51. The SMILES string of the molecule is Cc1nn(C)c(C)c1S(=O)(=O)N1CCCC(Cc2noc(-c3ccncc3)n2)C1. The molecule has 1 aliphatic rings. The molecule has 0 N–H and O–H groups in total. The van der Waals surface area contributed by atoms with Crippen molar-refractivity contribution >= 4 is 10.0 Å². The van der Waals surface area contributed by atoms with Gasteiger partial charge in [-0.25, -0.2) is 8.42 Å². The molecular formula is C19H24N6O3S. The number of hydrogen-bond donors (Lipinski definition) is 0. The Hall–Kier alpha value is -2.59. The summed E-state index contributed by atoms with van der Waals surface area (Å²) in [6, 6.07) is 3.62. The van der Waals surface area contributed by atoms with Crippen LogP contribution in [-0.2, 0) is 23.5 Å². The first kappa shape index (κ1) is 19.7. The second kappa shape index (κ2) is 7.68. The van der Waals surface area contributed by atoms with Crippen molar-refractivity contribution in [1.82, 2.24) is 29.2 Å². The van der Waals surface area contributed by atoms with Crippen molar-refractivity contribution in [3.63, 3.8) is 0 Å². The van der Waals surface area contributed by atoms with E-state index in [4.69, 9.17) is 4.52 Å². The zero-order chi connectivity index (χ0) is 20.6. The number of hydrogen-bond acceptors (Lipinski definition) is 7. The van der Waals surface area contributed by atoms with E-state index in [0.717, 1.165) is 18.4 Å². The van der Waals surface area contributed by atoms with Crippen molar-refractivity contribution in [3.8, 4) is 11.5 Å². The van der Waals surface area contributed by atoms with Gasteiger partial charge in [-0.15, -0.1) is 0 Å². The minimum Gasteiger partial charge on any atom is -0.334 e. The van der Waals surface area contributed by atoms with Crippen LogP contribution in [0, 0.1) is 19.8 Å². The lowest BCUT2D eigenvalue weighted by atomic mass is 9.96. The summed E-state index contributed by atoms with van der Waals surface area (Å²) in [5, 5.41) is 8.34. The molecule has 1 saturated heterocycles. The van der Waals surface area contributed by atoms with Crippen LogP contribution in [0.4, 0.5) is 0 Å². The first-order chi connectivity index (χ1) is 13.9. The molecule has 1 unspecified atom stereocenters. The Morgan fingerprint density at radius 1 is 1.24 bits per heavy atom. The van der Waals surface area contributed by atoms with Crippen molar-refractivity contribution in [2.24, 2.45) is 13.0 Å². The fourth-order valence-electron chi connectivity index (χ4n) is 3.88. The van der Waals surface area contributed by atoms with Crippen LogP contribution in [0.25, 0.3) is 11.5 Å². The molecule has 0 amide bonds. The molecule has 4 rings (SSSR count). The predicted octanol–water partition coefficient (Wildman–Crippen LogP) is 2.13. The molecule has 29 heavy (non-hydrogen) atoms. The summed E-state index contributed by atoms with van der Waals surface area (Å²) < 4.78 is 35.0. The van der Waals surface area contributed by atoms with E-state index in [2.05, 4.69) is 20.2 Å². The zero-order valence-corrected chi connectivity index (χ0v) is 17.6. The van der Waals surface area contributed by atoms with E-state index in [0.29, 0.717) is 47.5 Å². The first-order valence-corrected chi connectivity index (χ1v) is 11.0. The summed E-state index contributed by atoms with van der Waals surface area (Å²) in [6.07, 6.45) is 5.65. The molecule has 0 aliphatic carbocycles. The van der Waals surface area contributed by atoms with Gasteiger partial charge in [0, 0.05) is 44.5 Å². The lowest BCUT2D eigenvalue weighted by Crippen LogP contribution is -2.40. The van der Waals surface area contributed by atoms with Gasteiger partial charge in [0.15, 0.2) is 5.82 Å². The molecule has 154 valence electrons. The number of sulfonamides is 1. The molecular weight excluding hydrogens is 392 g/mol. The Morgan fingerprint density at radius 2 is 2.00 bits per heavy atom. The Morgan fingerprint density at radius 3 is 2.69 bits per heavy atom. The average Bonchev–Trinajstić information content (AvgIpc) is 3.27. The van der Waals surface area contributed by atoms with E-state index in [1.165, 1.54) is 0 Å². The topological polar surface area (TPSA) is 107 Å². The van der Waals surface area contributed by atoms with Crippen molar-refractivity contribution in [2.45, 2.75) is 38.0 Å². The van der Waals surface area contributed by atoms with Gasteiger partial charge in [-0.3, -0.25) is 9.67 Å². The van der Waals surface area contributed by atoms with E-state index >= 15 is 0 Å². The predicted molar refractivity (Wildman–Crippen MR) is 105 cm³/mol. The van der Waals surface area contributed by atoms with Gasteiger partial charge in [0.05, 0.1) is 11.4 Å². The fraction of sp³-hybridized carbons (Fsp3) is 0.474. The van der Waals surface area contributed by atoms with Crippen molar-refractivity contribution < 1.29 is 12.9 Å². The molecule has 4 heterocycles. The molecule has 0 aromatic carbocycles. The Labute approximate surface area is 169 Å². The van der Waals surface area contributed by atoms with E-state index in [1.807, 2.05) is 12.1 Å². The van der Waals surface area contributed by atoms with Gasteiger partial charge >= 0.3 is 0 Å². The molecule has 1 aliphatic heterocycles. The summed E-state index contributed by atoms with van der Waals surface area (Å²) in [6.45, 7) is 4.48. The second-order valence-corrected chi connectivity index (χ2v) is 9.33. The molecule has 9 nitrogen and oxygen atoms in total. The van der Waals surface area contributed by atoms with E-state index in [9.17, 15) is 8.42 Å². The van der Waals surface area contributed by atoms with Crippen LogP contribution in [0.5, 0.6) is 0 Å². The maximum absolute atomic E-state index is 13.2. The number of pyridine rings is 1. The van der Waals surface area contributed by atoms with E-state index in [1.54, 1.807) is 42.3 Å². The highest BCUT2D eigenvalue weighted by molar-refractivity contribution is 7.89. The normalized spacial score (nSPS) is 18.2. The summed E-state index contributed by atoms with van der Waals surface area (Å²) in [5.41, 5.74) is 2.01. The average molecular weight is 417 g/mol. The van der Waals surface area contributed by atoms with Crippen molar-refractivity contribution in [3.05, 3.63) is 41.7 Å². The molecule has 3 aromatic heterocycles. The van der Waals surface area contributed by atoms with Gasteiger partial charge in [0.2, 0.25) is 10.0 Å². The highest BCUT2D eigenvalue weighted by Crippen LogP contribution is 2.29. The Bertz CT molecular complexity index is 1110. The fourth-order valence-corrected chi connectivity index (χ4v) is 5.83. The van der Waals surface area contributed by atoms with Gasteiger partial charge in [0.25, 0.3) is 5.89 Å². The lowest BCUT2D eigenvalue weighted by Gasteiger charge is -2.31. The van der Waals surface area contributed by atoms with Crippen molar-refractivity contribution in [1.29, 1.82) is 0 Å². The van der Waals surface area contributed by atoms with Crippen LogP contribution in [0.2, 0.25) is 0 Å². The highest BCUT2D eigenvalue weighted by atomic mass is 32.2. The number of piperidine rings is 1. The summed E-state index contributed by atoms with van der Waals surface area (Å²) in [5.74, 6) is 1.18. The number of rotatable bonds is 5. The minimum absolute atomic E-state index is 0.138. The van der Waals surface area contributed by atoms with Gasteiger partial charge in [-0.05, 0) is 44.7 Å². The third-order valence-electron chi connectivity index (χ3n) is 5.39. The maximum Gasteiger partial charge on any atom is 0.258 e. The molecule has 0 bridgehead atoms. The van der Waals surface area contributed by atoms with Gasteiger partial charge < -0.3 is 4.52 Å². The number of aromatic nitrogens is 5. The van der Waals surface area contributed by atoms with E-state index in [-0.39, 0.29) is 5.92 Å². The van der Waals surface area contributed by atoms with Crippen LogP contribution in [0.3, 0.4) is 0 Å². The molecule has 3 aromatic rings. The van der Waals surface area contributed by atoms with Gasteiger partial charge in [-0.1, -0.05) is 5.16 Å². The van der Waals surface area contributed by atoms with Crippen LogP contribution in [0.15, 0.2) is 33.9 Å². The standard InChI is InChI=1S/C19H24N6O3S/c1-13-18(14(2)24(3)22-13)29(26,27)25-10-4-5-15(12-25)11-17-21-19(28-23-17)16-6-8-20-9-7-16/h6-9,15H,4-5,10-12H2,1-3H3. The number of nitrogens with zero attached hydrogens (tertiary/aromatic N) is 6. The van der Waals surface area contributed by atoms with Gasteiger partial charge in [0.1, 0.15) is 4.90 Å².